The standard InChI is InChI=1S/C23H25N3O4S/c27-22(25-19-11-13-31(29,30)16-19)10-12-24-23(28)21-14-18-8-4-5-9-20(18)26(21)15-17-6-2-1-3-7-17/h1-9,14,19H,10-13,15-16H2,(H,24,28)(H,25,27). The van der Waals surface area contributed by atoms with Gasteiger partial charge in [0.15, 0.2) is 9.84 Å². The number of carbonyl (C=O) groups is 2. The molecule has 162 valence electrons. The van der Waals surface area contributed by atoms with Crippen molar-refractivity contribution in [2.45, 2.75) is 25.4 Å². The summed E-state index contributed by atoms with van der Waals surface area (Å²) in [6, 6.07) is 19.3. The van der Waals surface area contributed by atoms with Crippen molar-refractivity contribution >= 4 is 32.6 Å². The van der Waals surface area contributed by atoms with Crippen molar-refractivity contribution < 1.29 is 18.0 Å². The number of nitrogens with zero attached hydrogens (tertiary/aromatic N) is 1. The molecule has 1 unspecified atom stereocenters. The van der Waals surface area contributed by atoms with E-state index >= 15 is 0 Å². The number of fused-ring (bicyclic) bond motifs is 1. The summed E-state index contributed by atoms with van der Waals surface area (Å²) in [5, 5.41) is 6.53. The van der Waals surface area contributed by atoms with Crippen LogP contribution in [0.5, 0.6) is 0 Å². The first-order valence-electron chi connectivity index (χ1n) is 10.3. The highest BCUT2D eigenvalue weighted by atomic mass is 32.2. The van der Waals surface area contributed by atoms with Crippen LogP contribution in [0.15, 0.2) is 60.7 Å². The van der Waals surface area contributed by atoms with Gasteiger partial charge < -0.3 is 15.2 Å². The first-order valence-corrected chi connectivity index (χ1v) is 12.1. The van der Waals surface area contributed by atoms with E-state index in [-0.39, 0.29) is 42.3 Å². The van der Waals surface area contributed by atoms with Gasteiger partial charge in [-0.1, -0.05) is 48.5 Å². The minimum absolute atomic E-state index is 0.00924. The SMILES string of the molecule is O=C(CCNC(=O)c1cc2ccccc2n1Cc1ccccc1)NC1CCS(=O)(=O)C1. The zero-order chi connectivity index (χ0) is 21.8. The van der Waals surface area contributed by atoms with Crippen LogP contribution in [0.2, 0.25) is 0 Å². The number of para-hydroxylation sites is 1. The van der Waals surface area contributed by atoms with Gasteiger partial charge in [0, 0.05) is 36.5 Å². The lowest BCUT2D eigenvalue weighted by Gasteiger charge is -2.13. The van der Waals surface area contributed by atoms with E-state index in [0.717, 1.165) is 16.5 Å². The van der Waals surface area contributed by atoms with Crippen molar-refractivity contribution in [1.82, 2.24) is 15.2 Å². The second kappa shape index (κ2) is 8.93. The largest absolute Gasteiger partial charge is 0.352 e. The van der Waals surface area contributed by atoms with Gasteiger partial charge in [-0.2, -0.15) is 0 Å². The molecule has 1 fully saturated rings. The van der Waals surface area contributed by atoms with Gasteiger partial charge in [-0.15, -0.1) is 0 Å². The molecule has 4 rings (SSSR count). The summed E-state index contributed by atoms with van der Waals surface area (Å²) >= 11 is 0. The maximum Gasteiger partial charge on any atom is 0.267 e. The number of hydrogen-bond donors (Lipinski definition) is 2. The van der Waals surface area contributed by atoms with Gasteiger partial charge in [-0.05, 0) is 24.1 Å². The first kappa shape index (κ1) is 21.1. The molecular weight excluding hydrogens is 414 g/mol. The van der Waals surface area contributed by atoms with E-state index in [2.05, 4.69) is 10.6 Å². The fourth-order valence-corrected chi connectivity index (χ4v) is 5.60. The number of nitrogens with one attached hydrogen (secondary N) is 2. The minimum Gasteiger partial charge on any atom is -0.352 e. The monoisotopic (exact) mass is 439 g/mol. The molecule has 3 aromatic rings. The van der Waals surface area contributed by atoms with Gasteiger partial charge in [-0.3, -0.25) is 9.59 Å². The molecular formula is C23H25N3O4S. The molecule has 8 heteroatoms. The number of aromatic nitrogens is 1. The van der Waals surface area contributed by atoms with E-state index in [9.17, 15) is 18.0 Å². The lowest BCUT2D eigenvalue weighted by Crippen LogP contribution is -2.38. The van der Waals surface area contributed by atoms with Gasteiger partial charge in [-0.25, -0.2) is 8.42 Å². The van der Waals surface area contributed by atoms with Crippen LogP contribution in [0, 0.1) is 0 Å². The van der Waals surface area contributed by atoms with Crippen LogP contribution in [0.1, 0.15) is 28.9 Å². The summed E-state index contributed by atoms with van der Waals surface area (Å²) in [6.07, 6.45) is 0.543. The Balaban J connectivity index is 1.40. The van der Waals surface area contributed by atoms with Crippen LogP contribution in [-0.4, -0.2) is 48.9 Å². The Morgan fingerprint density at radius 1 is 1.03 bits per heavy atom. The van der Waals surface area contributed by atoms with Crippen molar-refractivity contribution in [3.8, 4) is 0 Å². The minimum atomic E-state index is -3.04. The Labute approximate surface area is 181 Å². The van der Waals surface area contributed by atoms with Crippen molar-refractivity contribution in [2.75, 3.05) is 18.1 Å². The predicted molar refractivity (Wildman–Crippen MR) is 120 cm³/mol. The molecule has 0 spiro atoms. The van der Waals surface area contributed by atoms with Crippen molar-refractivity contribution in [2.24, 2.45) is 0 Å². The Bertz CT molecular complexity index is 1200. The van der Waals surface area contributed by atoms with Crippen LogP contribution in [0.3, 0.4) is 0 Å². The topological polar surface area (TPSA) is 97.3 Å². The molecule has 0 saturated carbocycles. The van der Waals surface area contributed by atoms with Crippen LogP contribution < -0.4 is 10.6 Å². The van der Waals surface area contributed by atoms with Gasteiger partial charge in [0.25, 0.3) is 5.91 Å². The number of rotatable bonds is 7. The summed E-state index contributed by atoms with van der Waals surface area (Å²) < 4.78 is 25.0. The molecule has 7 nitrogen and oxygen atoms in total. The Kier molecular flexibility index (Phi) is 6.08. The summed E-state index contributed by atoms with van der Waals surface area (Å²) in [5.41, 5.74) is 2.59. The van der Waals surface area contributed by atoms with Gasteiger partial charge in [0.05, 0.1) is 11.5 Å². The number of benzene rings is 2. The van der Waals surface area contributed by atoms with E-state index < -0.39 is 9.84 Å². The molecule has 2 heterocycles. The quantitative estimate of drug-likeness (QED) is 0.589. The molecule has 31 heavy (non-hydrogen) atoms. The highest BCUT2D eigenvalue weighted by molar-refractivity contribution is 7.91. The molecule has 0 radical (unpaired) electrons. The fourth-order valence-electron chi connectivity index (χ4n) is 3.92. The second-order valence-electron chi connectivity index (χ2n) is 7.83. The Morgan fingerprint density at radius 2 is 1.77 bits per heavy atom. The summed E-state index contributed by atoms with van der Waals surface area (Å²) in [4.78, 5) is 25.0. The molecule has 1 atom stereocenters. The molecule has 2 N–H and O–H groups in total. The number of carbonyl (C=O) groups excluding carboxylic acids is 2. The molecule has 2 amide bonds. The molecule has 1 aliphatic rings. The fraction of sp³-hybridized carbons (Fsp3) is 0.304. The Hall–Kier alpha value is -3.13. The van der Waals surface area contributed by atoms with Crippen molar-refractivity contribution in [3.63, 3.8) is 0 Å². The Morgan fingerprint density at radius 3 is 2.52 bits per heavy atom. The van der Waals surface area contributed by atoms with Crippen molar-refractivity contribution in [3.05, 3.63) is 71.9 Å². The lowest BCUT2D eigenvalue weighted by atomic mass is 10.2. The number of amides is 2. The summed E-state index contributed by atoms with van der Waals surface area (Å²) in [5.74, 6) is -0.402. The molecule has 0 bridgehead atoms. The first-order chi connectivity index (χ1) is 14.9. The molecule has 2 aromatic carbocycles. The highest BCUT2D eigenvalue weighted by Gasteiger charge is 2.28. The highest BCUT2D eigenvalue weighted by Crippen LogP contribution is 2.21. The zero-order valence-corrected chi connectivity index (χ0v) is 17.9. The van der Waals surface area contributed by atoms with Crippen molar-refractivity contribution in [1.29, 1.82) is 0 Å². The molecule has 1 aromatic heterocycles. The average Bonchev–Trinajstić information content (AvgIpc) is 3.28. The van der Waals surface area contributed by atoms with E-state index in [1.807, 2.05) is 65.2 Å². The van der Waals surface area contributed by atoms with Crippen LogP contribution in [-0.2, 0) is 21.2 Å². The number of hydrogen-bond acceptors (Lipinski definition) is 4. The average molecular weight is 440 g/mol. The molecule has 0 aliphatic carbocycles. The molecule has 1 saturated heterocycles. The van der Waals surface area contributed by atoms with E-state index in [1.165, 1.54) is 0 Å². The summed E-state index contributed by atoms with van der Waals surface area (Å²) in [6.45, 7) is 0.741. The van der Waals surface area contributed by atoms with Gasteiger partial charge in [0.1, 0.15) is 5.69 Å². The van der Waals surface area contributed by atoms with E-state index in [1.54, 1.807) is 0 Å². The van der Waals surface area contributed by atoms with E-state index in [4.69, 9.17) is 0 Å². The van der Waals surface area contributed by atoms with E-state index in [0.29, 0.717) is 18.7 Å². The number of sulfone groups is 1. The second-order valence-corrected chi connectivity index (χ2v) is 10.1. The summed E-state index contributed by atoms with van der Waals surface area (Å²) in [7, 11) is -3.04. The third-order valence-corrected chi connectivity index (χ3v) is 7.23. The maximum absolute atomic E-state index is 12.9. The van der Waals surface area contributed by atoms with Crippen LogP contribution in [0.4, 0.5) is 0 Å². The third-order valence-electron chi connectivity index (χ3n) is 5.46. The zero-order valence-electron chi connectivity index (χ0n) is 17.1. The maximum atomic E-state index is 12.9. The van der Waals surface area contributed by atoms with Gasteiger partial charge >= 0.3 is 0 Å². The predicted octanol–water partition coefficient (Wildman–Crippen LogP) is 2.11. The smallest absolute Gasteiger partial charge is 0.267 e. The molecule has 1 aliphatic heterocycles. The normalized spacial score (nSPS) is 17.5. The van der Waals surface area contributed by atoms with Crippen LogP contribution in [0.25, 0.3) is 10.9 Å². The van der Waals surface area contributed by atoms with Crippen LogP contribution >= 0.6 is 0 Å². The lowest BCUT2D eigenvalue weighted by molar-refractivity contribution is -0.121. The third kappa shape index (κ3) is 5.14. The van der Waals surface area contributed by atoms with Gasteiger partial charge in [0.2, 0.25) is 5.91 Å².